The van der Waals surface area contributed by atoms with Crippen LogP contribution in [-0.2, 0) is 4.79 Å². The topological polar surface area (TPSA) is 84.6 Å². The molecule has 0 radical (unpaired) electrons. The van der Waals surface area contributed by atoms with E-state index in [4.69, 9.17) is 10.5 Å². The van der Waals surface area contributed by atoms with Gasteiger partial charge in [-0.1, -0.05) is 29.4 Å². The van der Waals surface area contributed by atoms with Gasteiger partial charge in [0.05, 0.1) is 7.11 Å². The fourth-order valence-corrected chi connectivity index (χ4v) is 5.60. The second kappa shape index (κ2) is 11.9. The summed E-state index contributed by atoms with van der Waals surface area (Å²) in [6.07, 6.45) is 12.6. The van der Waals surface area contributed by atoms with Gasteiger partial charge in [-0.15, -0.1) is 0 Å². The van der Waals surface area contributed by atoms with Crippen LogP contribution in [0.15, 0.2) is 47.2 Å². The molecule has 1 fully saturated rings. The Kier molecular flexibility index (Phi) is 8.67. The first kappa shape index (κ1) is 27.6. The van der Waals surface area contributed by atoms with Crippen molar-refractivity contribution in [1.82, 2.24) is 19.8 Å². The molecular weight excluding hydrogens is 474 g/mol. The first-order chi connectivity index (χ1) is 18.2. The zero-order valence-corrected chi connectivity index (χ0v) is 23.7. The maximum Gasteiger partial charge on any atom is 0.249 e. The predicted octanol–water partition coefficient (Wildman–Crippen LogP) is 5.20. The van der Waals surface area contributed by atoms with E-state index in [1.54, 1.807) is 12.0 Å². The Morgan fingerprint density at radius 3 is 2.53 bits per heavy atom. The maximum atomic E-state index is 12.2. The van der Waals surface area contributed by atoms with E-state index in [9.17, 15) is 4.79 Å². The number of nitrogen functional groups attached to an aromatic ring is 1. The number of pyridine rings is 2. The summed E-state index contributed by atoms with van der Waals surface area (Å²) in [6, 6.07) is 4.01. The highest BCUT2D eigenvalue weighted by Gasteiger charge is 2.25. The minimum Gasteiger partial charge on any atom is -0.493 e. The Hall–Kier alpha value is -3.45. The molecule has 1 saturated heterocycles. The van der Waals surface area contributed by atoms with Crippen LogP contribution in [0.3, 0.4) is 0 Å². The summed E-state index contributed by atoms with van der Waals surface area (Å²) in [5.41, 5.74) is 14.8. The summed E-state index contributed by atoms with van der Waals surface area (Å²) in [5.74, 6) is 1.73. The molecule has 0 saturated carbocycles. The molecule has 202 valence electrons. The van der Waals surface area contributed by atoms with Crippen LogP contribution in [0.25, 0.3) is 17.2 Å². The van der Waals surface area contributed by atoms with Crippen molar-refractivity contribution in [2.24, 2.45) is 5.92 Å². The van der Waals surface area contributed by atoms with E-state index in [0.29, 0.717) is 17.5 Å². The summed E-state index contributed by atoms with van der Waals surface area (Å²) >= 11 is 0. The van der Waals surface area contributed by atoms with Gasteiger partial charge in [-0.05, 0) is 83.2 Å². The summed E-state index contributed by atoms with van der Waals surface area (Å²) in [4.78, 5) is 25.5. The highest BCUT2D eigenvalue weighted by molar-refractivity contribution is 5.93. The first-order valence-corrected chi connectivity index (χ1v) is 13.5. The van der Waals surface area contributed by atoms with Crippen LogP contribution in [0.2, 0.25) is 0 Å². The molecule has 3 heterocycles. The largest absolute Gasteiger partial charge is 0.493 e. The Morgan fingerprint density at radius 1 is 1.16 bits per heavy atom. The molecule has 0 aromatic carbocycles. The number of rotatable bonds is 7. The van der Waals surface area contributed by atoms with Crippen molar-refractivity contribution in [3.8, 4) is 16.9 Å². The van der Waals surface area contributed by atoms with Crippen molar-refractivity contribution in [2.45, 2.75) is 46.5 Å². The van der Waals surface area contributed by atoms with Crippen LogP contribution in [0.1, 0.15) is 49.6 Å². The third kappa shape index (κ3) is 6.16. The predicted molar refractivity (Wildman–Crippen MR) is 155 cm³/mol. The summed E-state index contributed by atoms with van der Waals surface area (Å²) < 4.78 is 5.44. The number of nitrogens with zero attached hydrogens (tertiary/aromatic N) is 4. The van der Waals surface area contributed by atoms with Gasteiger partial charge >= 0.3 is 0 Å². The first-order valence-electron chi connectivity index (χ1n) is 13.5. The quantitative estimate of drug-likeness (QED) is 0.546. The number of ether oxygens (including phenoxy) is 1. The number of carbonyl (C=O) groups excluding carboxylic acids is 1. The van der Waals surface area contributed by atoms with Gasteiger partial charge in [0.2, 0.25) is 5.91 Å². The Balaban J connectivity index is 1.44. The van der Waals surface area contributed by atoms with Crippen molar-refractivity contribution in [1.29, 1.82) is 0 Å². The van der Waals surface area contributed by atoms with Gasteiger partial charge < -0.3 is 15.4 Å². The van der Waals surface area contributed by atoms with Gasteiger partial charge in [0.1, 0.15) is 0 Å². The molecule has 1 aliphatic carbocycles. The lowest BCUT2D eigenvalue weighted by molar-refractivity contribution is -0.124. The van der Waals surface area contributed by atoms with Crippen molar-refractivity contribution in [2.75, 3.05) is 46.6 Å². The molecule has 1 amide bonds. The number of aromatic nitrogens is 2. The smallest absolute Gasteiger partial charge is 0.249 e. The summed E-state index contributed by atoms with van der Waals surface area (Å²) in [5, 5.41) is 0. The number of aryl methyl sites for hydroxylation is 2. The molecule has 7 nitrogen and oxygen atoms in total. The number of methoxy groups -OCH3 is 1. The lowest BCUT2D eigenvalue weighted by Crippen LogP contribution is -2.35. The minimum atomic E-state index is 0.131. The van der Waals surface area contributed by atoms with Crippen LogP contribution in [0, 0.1) is 19.8 Å². The summed E-state index contributed by atoms with van der Waals surface area (Å²) in [6.45, 7) is 9.33. The second-order valence-corrected chi connectivity index (χ2v) is 10.7. The number of likely N-dealkylation sites (tertiary alicyclic amines) is 1. The molecular formula is C31H41N5O2. The van der Waals surface area contributed by atoms with Crippen LogP contribution in [0.4, 0.5) is 5.82 Å². The standard InChI is InChI=1S/C31H41N5O2/c1-20(17-27-21(2)33-14-11-26(27)28-18-29(38-6)30(32)34-22(28)3)19-36-15-12-24(13-16-36)23-7-9-25(10-8-23)31(37)35(4)5/h7,9,11,14,17-18,24H,8,10,12-13,15-16,19H2,1-6H3,(H2,32,34)/b20-17+. The lowest BCUT2D eigenvalue weighted by atomic mass is 9.83. The molecule has 2 aromatic heterocycles. The van der Waals surface area contributed by atoms with Crippen molar-refractivity contribution < 1.29 is 9.53 Å². The van der Waals surface area contributed by atoms with Gasteiger partial charge in [-0.25, -0.2) is 4.98 Å². The van der Waals surface area contributed by atoms with E-state index in [0.717, 1.165) is 79.0 Å². The fourth-order valence-electron chi connectivity index (χ4n) is 5.60. The summed E-state index contributed by atoms with van der Waals surface area (Å²) in [7, 11) is 5.25. The lowest BCUT2D eigenvalue weighted by Gasteiger charge is -2.34. The van der Waals surface area contributed by atoms with Crippen LogP contribution >= 0.6 is 0 Å². The second-order valence-electron chi connectivity index (χ2n) is 10.7. The van der Waals surface area contributed by atoms with E-state index >= 15 is 0 Å². The Morgan fingerprint density at radius 2 is 1.89 bits per heavy atom. The third-order valence-corrected chi connectivity index (χ3v) is 7.74. The van der Waals surface area contributed by atoms with Crippen molar-refractivity contribution in [3.63, 3.8) is 0 Å². The molecule has 0 spiro atoms. The number of hydrogen-bond donors (Lipinski definition) is 1. The molecule has 4 rings (SSSR count). The van der Waals surface area contributed by atoms with E-state index in [1.807, 2.05) is 45.4 Å². The number of carbonyl (C=O) groups is 1. The van der Waals surface area contributed by atoms with E-state index in [-0.39, 0.29) is 5.91 Å². The van der Waals surface area contributed by atoms with Gasteiger partial charge in [0, 0.05) is 54.9 Å². The van der Waals surface area contributed by atoms with E-state index in [1.165, 1.54) is 11.1 Å². The van der Waals surface area contributed by atoms with E-state index in [2.05, 4.69) is 40.9 Å². The Labute approximate surface area is 227 Å². The minimum absolute atomic E-state index is 0.131. The molecule has 7 heteroatoms. The normalized spacial score (nSPS) is 17.2. The number of amides is 1. The number of allylic oxidation sites excluding steroid dienone is 3. The molecule has 1 aliphatic heterocycles. The SMILES string of the molecule is COc1cc(-c2ccnc(C)c2/C=C(\C)CN2CCC(C3=CC=C(C(=O)N(C)C)CC3)CC2)c(C)nc1N. The number of anilines is 1. The number of piperidine rings is 1. The Bertz CT molecular complexity index is 1280. The van der Waals surface area contributed by atoms with Crippen molar-refractivity contribution in [3.05, 3.63) is 64.2 Å². The van der Waals surface area contributed by atoms with Gasteiger partial charge in [-0.3, -0.25) is 14.7 Å². The number of hydrogen-bond acceptors (Lipinski definition) is 6. The van der Waals surface area contributed by atoms with E-state index < -0.39 is 0 Å². The van der Waals surface area contributed by atoms with Crippen LogP contribution in [-0.4, -0.2) is 66.5 Å². The van der Waals surface area contributed by atoms with Gasteiger partial charge in [0.15, 0.2) is 11.6 Å². The van der Waals surface area contributed by atoms with Gasteiger partial charge in [0.25, 0.3) is 0 Å². The van der Waals surface area contributed by atoms with Crippen LogP contribution < -0.4 is 10.5 Å². The third-order valence-electron chi connectivity index (χ3n) is 7.74. The molecule has 38 heavy (non-hydrogen) atoms. The zero-order valence-electron chi connectivity index (χ0n) is 23.7. The zero-order chi connectivity index (χ0) is 27.4. The fraction of sp³-hybridized carbons (Fsp3) is 0.452. The average molecular weight is 516 g/mol. The monoisotopic (exact) mass is 515 g/mol. The molecule has 2 aliphatic rings. The van der Waals surface area contributed by atoms with Gasteiger partial charge in [-0.2, -0.15) is 0 Å². The molecule has 0 bridgehead atoms. The molecule has 0 unspecified atom stereocenters. The average Bonchev–Trinajstić information content (AvgIpc) is 2.90. The molecule has 2 N–H and O–H groups in total. The maximum absolute atomic E-state index is 12.2. The van der Waals surface area contributed by atoms with Crippen molar-refractivity contribution >= 4 is 17.8 Å². The van der Waals surface area contributed by atoms with Crippen LogP contribution in [0.5, 0.6) is 5.75 Å². The molecule has 0 atom stereocenters. The highest BCUT2D eigenvalue weighted by Crippen LogP contribution is 2.35. The number of nitrogens with two attached hydrogens (primary N) is 1. The number of likely N-dealkylation sites (N-methyl/N-ethyl adjacent to an activating group) is 1. The molecule has 2 aromatic rings. The highest BCUT2D eigenvalue weighted by atomic mass is 16.5.